The lowest BCUT2D eigenvalue weighted by atomic mass is 9.91. The normalized spacial score (nSPS) is 25.5. The van der Waals surface area contributed by atoms with Crippen molar-refractivity contribution in [2.75, 3.05) is 12.8 Å². The third kappa shape index (κ3) is 3.43. The predicted octanol–water partition coefficient (Wildman–Crippen LogP) is 2.37. The van der Waals surface area contributed by atoms with E-state index >= 15 is 0 Å². The number of hydrogen-bond donors (Lipinski definition) is 2. The number of nitrogens with two attached hydrogens (primary N) is 1. The molecule has 0 aliphatic heterocycles. The van der Waals surface area contributed by atoms with Crippen molar-refractivity contribution >= 4 is 5.82 Å². The van der Waals surface area contributed by atoms with Crippen molar-refractivity contribution in [1.29, 1.82) is 0 Å². The molecule has 2 atom stereocenters. The van der Waals surface area contributed by atoms with Crippen molar-refractivity contribution in [3.63, 3.8) is 0 Å². The molecule has 0 radical (unpaired) electrons. The highest BCUT2D eigenvalue weighted by Gasteiger charge is 2.19. The van der Waals surface area contributed by atoms with Crippen LogP contribution >= 0.6 is 0 Å². The molecule has 0 saturated heterocycles. The van der Waals surface area contributed by atoms with E-state index in [0.717, 1.165) is 12.3 Å². The Bertz CT molecular complexity index is 351. The summed E-state index contributed by atoms with van der Waals surface area (Å²) < 4.78 is 0. The molecule has 17 heavy (non-hydrogen) atoms. The fourth-order valence-electron chi connectivity index (χ4n) is 2.84. The van der Waals surface area contributed by atoms with Gasteiger partial charge in [-0.15, -0.1) is 0 Å². The minimum absolute atomic E-state index is 0.681. The Kier molecular flexibility index (Phi) is 4.37. The molecule has 1 aromatic rings. The van der Waals surface area contributed by atoms with E-state index in [9.17, 15) is 0 Å². The molecule has 3 nitrogen and oxygen atoms in total. The summed E-state index contributed by atoms with van der Waals surface area (Å²) in [6.07, 6.45) is 9.46. The van der Waals surface area contributed by atoms with Gasteiger partial charge >= 0.3 is 0 Å². The van der Waals surface area contributed by atoms with Crippen molar-refractivity contribution in [1.82, 2.24) is 10.3 Å². The molecule has 94 valence electrons. The van der Waals surface area contributed by atoms with Crippen LogP contribution in [0.1, 0.15) is 37.7 Å². The second kappa shape index (κ2) is 6.01. The molecule has 0 amide bonds. The van der Waals surface area contributed by atoms with Crippen molar-refractivity contribution in [3.8, 4) is 0 Å². The van der Waals surface area contributed by atoms with Gasteiger partial charge in [-0.2, -0.15) is 0 Å². The van der Waals surface area contributed by atoms with E-state index in [0.29, 0.717) is 11.9 Å². The first kappa shape index (κ1) is 12.4. The molecule has 0 aromatic carbocycles. The molecular formula is C14H23N3. The fourth-order valence-corrected chi connectivity index (χ4v) is 2.84. The van der Waals surface area contributed by atoms with Gasteiger partial charge in [0.05, 0.1) is 0 Å². The zero-order valence-electron chi connectivity index (χ0n) is 10.7. The van der Waals surface area contributed by atoms with Gasteiger partial charge < -0.3 is 11.1 Å². The second-order valence-corrected chi connectivity index (χ2v) is 5.12. The van der Waals surface area contributed by atoms with Crippen LogP contribution in [0, 0.1) is 5.92 Å². The summed E-state index contributed by atoms with van der Waals surface area (Å²) >= 11 is 0. The monoisotopic (exact) mass is 233 g/mol. The van der Waals surface area contributed by atoms with Crippen LogP contribution in [-0.4, -0.2) is 18.1 Å². The summed E-state index contributed by atoms with van der Waals surface area (Å²) in [7, 11) is 2.07. The van der Waals surface area contributed by atoms with Crippen LogP contribution in [0.15, 0.2) is 18.3 Å². The molecular weight excluding hydrogens is 210 g/mol. The Hall–Kier alpha value is -1.09. The van der Waals surface area contributed by atoms with Gasteiger partial charge in [-0.05, 0) is 43.9 Å². The molecule has 3 N–H and O–H groups in total. The molecule has 1 fully saturated rings. The van der Waals surface area contributed by atoms with Gasteiger partial charge in [-0.3, -0.25) is 0 Å². The Morgan fingerprint density at radius 3 is 3.00 bits per heavy atom. The minimum Gasteiger partial charge on any atom is -0.383 e. The summed E-state index contributed by atoms with van der Waals surface area (Å²) in [5.74, 6) is 1.46. The first-order valence-electron chi connectivity index (χ1n) is 6.66. The van der Waals surface area contributed by atoms with Gasteiger partial charge in [0.1, 0.15) is 5.82 Å². The average Bonchev–Trinajstić information content (AvgIpc) is 2.57. The minimum atomic E-state index is 0.681. The maximum atomic E-state index is 5.92. The first-order chi connectivity index (χ1) is 8.29. The maximum absolute atomic E-state index is 5.92. The van der Waals surface area contributed by atoms with E-state index in [1.54, 1.807) is 6.20 Å². The lowest BCUT2D eigenvalue weighted by Crippen LogP contribution is -2.27. The Morgan fingerprint density at radius 1 is 1.41 bits per heavy atom. The molecule has 2 unspecified atom stereocenters. The first-order valence-corrected chi connectivity index (χ1v) is 6.66. The van der Waals surface area contributed by atoms with Crippen molar-refractivity contribution in [3.05, 3.63) is 23.9 Å². The lowest BCUT2D eigenvalue weighted by Gasteiger charge is -2.20. The van der Waals surface area contributed by atoms with Gasteiger partial charge in [0.2, 0.25) is 0 Å². The molecule has 1 aliphatic carbocycles. The average molecular weight is 233 g/mol. The lowest BCUT2D eigenvalue weighted by molar-refractivity contribution is 0.400. The summed E-state index contributed by atoms with van der Waals surface area (Å²) in [6.45, 7) is 0. The fraction of sp³-hybridized carbons (Fsp3) is 0.643. The molecule has 0 bridgehead atoms. The molecule has 1 aliphatic rings. The topological polar surface area (TPSA) is 50.9 Å². The van der Waals surface area contributed by atoms with Crippen LogP contribution in [0.25, 0.3) is 0 Å². The van der Waals surface area contributed by atoms with E-state index in [-0.39, 0.29) is 0 Å². The quantitative estimate of drug-likeness (QED) is 0.788. The Balaban J connectivity index is 2.00. The van der Waals surface area contributed by atoms with E-state index in [1.807, 2.05) is 6.07 Å². The standard InChI is InChI=1S/C14H23N3/c1-16-13-7-3-2-5-11(10-13)9-12-6-4-8-17-14(12)15/h4,6,8,11,13,16H,2-3,5,7,9-10H2,1H3,(H2,15,17). The van der Waals surface area contributed by atoms with Crippen LogP contribution in [0.3, 0.4) is 0 Å². The summed E-state index contributed by atoms with van der Waals surface area (Å²) in [4.78, 5) is 4.17. The number of hydrogen-bond acceptors (Lipinski definition) is 3. The molecule has 1 heterocycles. The van der Waals surface area contributed by atoms with Gasteiger partial charge in [0, 0.05) is 12.2 Å². The highest BCUT2D eigenvalue weighted by molar-refractivity contribution is 5.38. The van der Waals surface area contributed by atoms with Crippen molar-refractivity contribution in [2.24, 2.45) is 5.92 Å². The van der Waals surface area contributed by atoms with Crippen LogP contribution in [0.2, 0.25) is 0 Å². The SMILES string of the molecule is CNC1CCCCC(Cc2cccnc2N)C1. The van der Waals surface area contributed by atoms with E-state index < -0.39 is 0 Å². The van der Waals surface area contributed by atoms with E-state index in [1.165, 1.54) is 37.7 Å². The third-order valence-corrected chi connectivity index (χ3v) is 3.88. The van der Waals surface area contributed by atoms with Crippen molar-refractivity contribution in [2.45, 2.75) is 44.6 Å². The second-order valence-electron chi connectivity index (χ2n) is 5.12. The number of nitrogens with zero attached hydrogens (tertiary/aromatic N) is 1. The highest BCUT2D eigenvalue weighted by atomic mass is 14.9. The third-order valence-electron chi connectivity index (χ3n) is 3.88. The van der Waals surface area contributed by atoms with Crippen molar-refractivity contribution < 1.29 is 0 Å². The van der Waals surface area contributed by atoms with Crippen LogP contribution < -0.4 is 11.1 Å². The zero-order chi connectivity index (χ0) is 12.1. The van der Waals surface area contributed by atoms with Crippen LogP contribution in [-0.2, 0) is 6.42 Å². The van der Waals surface area contributed by atoms with E-state index in [4.69, 9.17) is 5.73 Å². The smallest absolute Gasteiger partial charge is 0.126 e. The molecule has 1 saturated carbocycles. The number of pyridine rings is 1. The van der Waals surface area contributed by atoms with E-state index in [2.05, 4.69) is 23.4 Å². The number of rotatable bonds is 3. The van der Waals surface area contributed by atoms with Gasteiger partial charge in [-0.1, -0.05) is 25.3 Å². The maximum Gasteiger partial charge on any atom is 0.126 e. The Labute approximate surface area is 104 Å². The largest absolute Gasteiger partial charge is 0.383 e. The van der Waals surface area contributed by atoms with Gasteiger partial charge in [0.15, 0.2) is 0 Å². The number of nitrogens with one attached hydrogen (secondary N) is 1. The number of anilines is 1. The highest BCUT2D eigenvalue weighted by Crippen LogP contribution is 2.27. The zero-order valence-corrected chi connectivity index (χ0v) is 10.7. The molecule has 3 heteroatoms. The number of aromatic nitrogens is 1. The van der Waals surface area contributed by atoms with Gasteiger partial charge in [0.25, 0.3) is 0 Å². The molecule has 0 spiro atoms. The summed E-state index contributed by atoms with van der Waals surface area (Å²) in [5, 5.41) is 3.43. The number of nitrogen functional groups attached to an aromatic ring is 1. The summed E-state index contributed by atoms with van der Waals surface area (Å²) in [6, 6.07) is 4.78. The summed E-state index contributed by atoms with van der Waals surface area (Å²) in [5.41, 5.74) is 7.13. The Morgan fingerprint density at radius 2 is 2.24 bits per heavy atom. The van der Waals surface area contributed by atoms with Crippen LogP contribution in [0.4, 0.5) is 5.82 Å². The molecule has 2 rings (SSSR count). The van der Waals surface area contributed by atoms with Crippen LogP contribution in [0.5, 0.6) is 0 Å². The predicted molar refractivity (Wildman–Crippen MR) is 71.8 cm³/mol. The van der Waals surface area contributed by atoms with Gasteiger partial charge in [-0.25, -0.2) is 4.98 Å². The molecule has 1 aromatic heterocycles.